The molecule has 2 nitrogen and oxygen atoms in total. The molecule has 0 aromatic heterocycles. The highest BCUT2D eigenvalue weighted by molar-refractivity contribution is 5.25. The summed E-state index contributed by atoms with van der Waals surface area (Å²) in [4.78, 5) is 2.56. The summed E-state index contributed by atoms with van der Waals surface area (Å²) in [5.41, 5.74) is 8.88. The van der Waals surface area contributed by atoms with Gasteiger partial charge in [0, 0.05) is 12.1 Å². The molecule has 1 aliphatic carbocycles. The molecule has 21 heavy (non-hydrogen) atoms. The molecule has 1 saturated carbocycles. The Kier molecular flexibility index (Phi) is 6.25. The van der Waals surface area contributed by atoms with Gasteiger partial charge >= 0.3 is 0 Å². The van der Waals surface area contributed by atoms with E-state index in [-0.39, 0.29) is 0 Å². The fourth-order valence-corrected chi connectivity index (χ4v) is 3.77. The van der Waals surface area contributed by atoms with Crippen LogP contribution in [-0.4, -0.2) is 24.5 Å². The first kappa shape index (κ1) is 16.5. The molecule has 0 bridgehead atoms. The van der Waals surface area contributed by atoms with Gasteiger partial charge in [-0.15, -0.1) is 0 Å². The van der Waals surface area contributed by atoms with Gasteiger partial charge in [0.05, 0.1) is 0 Å². The molecule has 2 rings (SSSR count). The van der Waals surface area contributed by atoms with Gasteiger partial charge in [-0.3, -0.25) is 4.90 Å². The van der Waals surface area contributed by atoms with Crippen LogP contribution in [0, 0.1) is 5.92 Å². The van der Waals surface area contributed by atoms with Crippen molar-refractivity contribution in [1.29, 1.82) is 0 Å². The molecule has 1 aliphatic rings. The van der Waals surface area contributed by atoms with Crippen LogP contribution in [0.5, 0.6) is 0 Å². The van der Waals surface area contributed by atoms with Crippen LogP contribution in [0.25, 0.3) is 0 Å². The zero-order valence-electron chi connectivity index (χ0n) is 14.0. The Labute approximate surface area is 130 Å². The molecule has 1 aromatic carbocycles. The summed E-state index contributed by atoms with van der Waals surface area (Å²) in [6, 6.07) is 10.3. The largest absolute Gasteiger partial charge is 0.330 e. The van der Waals surface area contributed by atoms with Gasteiger partial charge in [-0.05, 0) is 56.8 Å². The highest BCUT2D eigenvalue weighted by Gasteiger charge is 2.29. The minimum Gasteiger partial charge on any atom is -0.330 e. The van der Waals surface area contributed by atoms with E-state index >= 15 is 0 Å². The second-order valence-electron chi connectivity index (χ2n) is 6.68. The average Bonchev–Trinajstić information content (AvgIpc) is 2.54. The molecule has 3 atom stereocenters. The van der Waals surface area contributed by atoms with Crippen LogP contribution in [0.4, 0.5) is 0 Å². The molecule has 1 aromatic rings. The molecule has 3 unspecified atom stereocenters. The predicted molar refractivity (Wildman–Crippen MR) is 91.4 cm³/mol. The zero-order chi connectivity index (χ0) is 15.2. The van der Waals surface area contributed by atoms with Gasteiger partial charge in [0.2, 0.25) is 0 Å². The van der Waals surface area contributed by atoms with Crippen LogP contribution in [0.15, 0.2) is 24.3 Å². The lowest BCUT2D eigenvalue weighted by Gasteiger charge is -2.40. The first-order valence-electron chi connectivity index (χ1n) is 8.68. The molecule has 1 fully saturated rings. The van der Waals surface area contributed by atoms with E-state index in [4.69, 9.17) is 5.73 Å². The van der Waals surface area contributed by atoms with Gasteiger partial charge in [-0.25, -0.2) is 0 Å². The summed E-state index contributed by atoms with van der Waals surface area (Å²) in [5, 5.41) is 0. The molecule has 0 saturated heterocycles. The van der Waals surface area contributed by atoms with Crippen molar-refractivity contribution >= 4 is 0 Å². The lowest BCUT2D eigenvalue weighted by molar-refractivity contribution is 0.0989. The number of benzene rings is 1. The summed E-state index contributed by atoms with van der Waals surface area (Å²) >= 11 is 0. The number of nitrogens with two attached hydrogens (primary N) is 1. The molecular weight excluding hydrogens is 256 g/mol. The number of aryl methyl sites for hydroxylation is 1. The SMILES string of the molecule is CCCc1ccc(C(C)N(C)C2CCCCC2CN)cc1. The molecule has 2 heteroatoms. The third kappa shape index (κ3) is 4.08. The first-order chi connectivity index (χ1) is 10.2. The normalized spacial score (nSPS) is 24.2. The van der Waals surface area contributed by atoms with Crippen LogP contribution >= 0.6 is 0 Å². The first-order valence-corrected chi connectivity index (χ1v) is 8.68. The molecule has 0 radical (unpaired) electrons. The number of hydrogen-bond acceptors (Lipinski definition) is 2. The monoisotopic (exact) mass is 288 g/mol. The lowest BCUT2D eigenvalue weighted by atomic mass is 9.83. The third-order valence-electron chi connectivity index (χ3n) is 5.31. The van der Waals surface area contributed by atoms with Crippen molar-refractivity contribution in [2.45, 2.75) is 64.5 Å². The maximum atomic E-state index is 6.00. The van der Waals surface area contributed by atoms with Crippen molar-refractivity contribution in [2.24, 2.45) is 11.7 Å². The molecule has 2 N–H and O–H groups in total. The van der Waals surface area contributed by atoms with E-state index < -0.39 is 0 Å². The van der Waals surface area contributed by atoms with Crippen LogP contribution in [0.2, 0.25) is 0 Å². The molecule has 0 spiro atoms. The summed E-state index contributed by atoms with van der Waals surface area (Å²) in [5.74, 6) is 0.672. The maximum Gasteiger partial charge on any atom is 0.0319 e. The van der Waals surface area contributed by atoms with Crippen molar-refractivity contribution in [3.05, 3.63) is 35.4 Å². The van der Waals surface area contributed by atoms with Gasteiger partial charge in [0.1, 0.15) is 0 Å². The number of hydrogen-bond donors (Lipinski definition) is 1. The van der Waals surface area contributed by atoms with Gasteiger partial charge in [0.25, 0.3) is 0 Å². The van der Waals surface area contributed by atoms with Crippen molar-refractivity contribution in [1.82, 2.24) is 4.90 Å². The van der Waals surface area contributed by atoms with Gasteiger partial charge in [0.15, 0.2) is 0 Å². The average molecular weight is 288 g/mol. The van der Waals surface area contributed by atoms with Crippen molar-refractivity contribution < 1.29 is 0 Å². The van der Waals surface area contributed by atoms with Crippen molar-refractivity contribution in [2.75, 3.05) is 13.6 Å². The molecule has 0 amide bonds. The summed E-state index contributed by atoms with van der Waals surface area (Å²) in [6.07, 6.45) is 7.71. The van der Waals surface area contributed by atoms with Crippen LogP contribution in [0.3, 0.4) is 0 Å². The number of nitrogens with zero attached hydrogens (tertiary/aromatic N) is 1. The Morgan fingerprint density at radius 1 is 1.19 bits per heavy atom. The fourth-order valence-electron chi connectivity index (χ4n) is 3.77. The van der Waals surface area contributed by atoms with Gasteiger partial charge in [-0.2, -0.15) is 0 Å². The number of rotatable bonds is 6. The van der Waals surface area contributed by atoms with E-state index in [2.05, 4.69) is 50.1 Å². The zero-order valence-corrected chi connectivity index (χ0v) is 14.0. The van der Waals surface area contributed by atoms with Crippen LogP contribution in [0.1, 0.15) is 63.1 Å². The Morgan fingerprint density at radius 3 is 2.48 bits per heavy atom. The Balaban J connectivity index is 2.05. The standard InChI is InChI=1S/C19H32N2/c1-4-7-16-10-12-17(13-11-16)15(2)21(3)19-9-6-5-8-18(19)14-20/h10-13,15,18-19H,4-9,14,20H2,1-3H3. The van der Waals surface area contributed by atoms with Crippen molar-refractivity contribution in [3.63, 3.8) is 0 Å². The minimum atomic E-state index is 0.470. The Hall–Kier alpha value is -0.860. The smallest absolute Gasteiger partial charge is 0.0319 e. The molecular formula is C19H32N2. The Bertz CT molecular complexity index is 412. The second-order valence-corrected chi connectivity index (χ2v) is 6.68. The lowest BCUT2D eigenvalue weighted by Crippen LogP contribution is -2.44. The van der Waals surface area contributed by atoms with E-state index in [1.54, 1.807) is 0 Å². The maximum absolute atomic E-state index is 6.00. The predicted octanol–water partition coefficient (Wildman–Crippen LogP) is 4.15. The van der Waals surface area contributed by atoms with E-state index in [1.165, 1.54) is 49.7 Å². The molecule has 0 heterocycles. The van der Waals surface area contributed by atoms with Crippen LogP contribution < -0.4 is 5.73 Å². The third-order valence-corrected chi connectivity index (χ3v) is 5.31. The van der Waals surface area contributed by atoms with Gasteiger partial charge in [-0.1, -0.05) is 50.5 Å². The van der Waals surface area contributed by atoms with E-state index in [0.29, 0.717) is 18.0 Å². The topological polar surface area (TPSA) is 29.3 Å². The summed E-state index contributed by atoms with van der Waals surface area (Å²) in [6.45, 7) is 5.40. The molecule has 0 aliphatic heterocycles. The fraction of sp³-hybridized carbons (Fsp3) is 0.684. The molecule has 118 valence electrons. The van der Waals surface area contributed by atoms with Gasteiger partial charge < -0.3 is 5.73 Å². The minimum absolute atomic E-state index is 0.470. The summed E-state index contributed by atoms with van der Waals surface area (Å²) in [7, 11) is 2.28. The van der Waals surface area contributed by atoms with Crippen LogP contribution in [-0.2, 0) is 6.42 Å². The highest BCUT2D eigenvalue weighted by atomic mass is 15.2. The van der Waals surface area contributed by atoms with E-state index in [1.807, 2.05) is 0 Å². The Morgan fingerprint density at radius 2 is 1.86 bits per heavy atom. The quantitative estimate of drug-likeness (QED) is 0.852. The highest BCUT2D eigenvalue weighted by Crippen LogP contribution is 2.32. The van der Waals surface area contributed by atoms with E-state index in [9.17, 15) is 0 Å². The summed E-state index contributed by atoms with van der Waals surface area (Å²) < 4.78 is 0. The van der Waals surface area contributed by atoms with E-state index in [0.717, 1.165) is 6.54 Å². The van der Waals surface area contributed by atoms with Crippen molar-refractivity contribution in [3.8, 4) is 0 Å². The second kappa shape index (κ2) is 7.95.